The Morgan fingerprint density at radius 2 is 2.11 bits per heavy atom. The average Bonchev–Trinajstić information content (AvgIpc) is 2.38. The van der Waals surface area contributed by atoms with Crippen molar-refractivity contribution in [1.29, 1.82) is 5.41 Å². The van der Waals surface area contributed by atoms with Gasteiger partial charge in [-0.1, -0.05) is 12.1 Å². The second kappa shape index (κ2) is 6.02. The molecule has 92 valence electrons. The molecule has 1 aromatic heterocycles. The van der Waals surface area contributed by atoms with E-state index in [9.17, 15) is 0 Å². The van der Waals surface area contributed by atoms with Gasteiger partial charge in [-0.3, -0.25) is 10.4 Å². The highest BCUT2D eigenvalue weighted by Crippen LogP contribution is 2.29. The zero-order valence-electron chi connectivity index (χ0n) is 9.56. The third-order valence-electron chi connectivity index (χ3n) is 2.33. The molecule has 0 aliphatic carbocycles. The number of aromatic nitrogens is 1. The number of hydrogen-bond donors (Lipinski definition) is 2. The minimum atomic E-state index is 0.00254. The Morgan fingerprint density at radius 3 is 2.83 bits per heavy atom. The van der Waals surface area contributed by atoms with Crippen molar-refractivity contribution in [3.63, 3.8) is 0 Å². The standard InChI is InChI=1S/C13H12BrN3S/c14-10-3-1-2-4-12(10)18-8-9-5-6-17-11(7-9)13(15)16/h1-7H,8H2,(H3,15,16). The quantitative estimate of drug-likeness (QED) is 0.515. The van der Waals surface area contributed by atoms with Crippen LogP contribution in [-0.4, -0.2) is 10.8 Å². The molecular weight excluding hydrogens is 310 g/mol. The normalized spacial score (nSPS) is 10.3. The number of pyridine rings is 1. The van der Waals surface area contributed by atoms with Gasteiger partial charge in [0.2, 0.25) is 0 Å². The number of amidine groups is 1. The van der Waals surface area contributed by atoms with E-state index >= 15 is 0 Å². The molecule has 2 aromatic rings. The maximum atomic E-state index is 7.36. The number of benzene rings is 1. The third kappa shape index (κ3) is 3.34. The van der Waals surface area contributed by atoms with Crippen LogP contribution in [0.4, 0.5) is 0 Å². The van der Waals surface area contributed by atoms with Crippen molar-refractivity contribution in [3.8, 4) is 0 Å². The summed E-state index contributed by atoms with van der Waals surface area (Å²) >= 11 is 5.25. The van der Waals surface area contributed by atoms with Crippen LogP contribution in [0.3, 0.4) is 0 Å². The second-order valence-corrected chi connectivity index (χ2v) is 5.55. The summed E-state index contributed by atoms with van der Waals surface area (Å²) in [6.07, 6.45) is 1.69. The molecule has 0 fully saturated rings. The van der Waals surface area contributed by atoms with Gasteiger partial charge < -0.3 is 5.73 Å². The lowest BCUT2D eigenvalue weighted by molar-refractivity contribution is 1.22. The fourth-order valence-corrected chi connectivity index (χ4v) is 2.94. The molecule has 0 amide bonds. The van der Waals surface area contributed by atoms with Crippen molar-refractivity contribution < 1.29 is 0 Å². The number of nitrogens with two attached hydrogens (primary N) is 1. The van der Waals surface area contributed by atoms with E-state index in [-0.39, 0.29) is 5.84 Å². The predicted molar refractivity (Wildman–Crippen MR) is 79.0 cm³/mol. The summed E-state index contributed by atoms with van der Waals surface area (Å²) in [5.74, 6) is 0.827. The van der Waals surface area contributed by atoms with Crippen molar-refractivity contribution in [3.05, 3.63) is 58.3 Å². The van der Waals surface area contributed by atoms with Gasteiger partial charge in [0.05, 0.1) is 0 Å². The van der Waals surface area contributed by atoms with Gasteiger partial charge in [0, 0.05) is 21.3 Å². The average molecular weight is 322 g/mol. The summed E-state index contributed by atoms with van der Waals surface area (Å²) in [4.78, 5) is 5.24. The molecule has 2 rings (SSSR count). The van der Waals surface area contributed by atoms with Crippen LogP contribution in [0.25, 0.3) is 0 Å². The number of nitrogens with one attached hydrogen (secondary N) is 1. The van der Waals surface area contributed by atoms with Gasteiger partial charge in [-0.05, 0) is 45.8 Å². The van der Waals surface area contributed by atoms with Crippen molar-refractivity contribution in [1.82, 2.24) is 4.98 Å². The van der Waals surface area contributed by atoms with Crippen LogP contribution >= 0.6 is 27.7 Å². The van der Waals surface area contributed by atoms with E-state index in [1.807, 2.05) is 30.3 Å². The van der Waals surface area contributed by atoms with Crippen molar-refractivity contribution >= 4 is 33.5 Å². The Labute approximate surface area is 118 Å². The van der Waals surface area contributed by atoms with E-state index < -0.39 is 0 Å². The fraction of sp³-hybridized carbons (Fsp3) is 0.0769. The number of nitrogen functional groups attached to an aromatic ring is 1. The molecule has 3 nitrogen and oxygen atoms in total. The lowest BCUT2D eigenvalue weighted by atomic mass is 10.2. The summed E-state index contributed by atoms with van der Waals surface area (Å²) in [5.41, 5.74) is 7.06. The smallest absolute Gasteiger partial charge is 0.141 e. The summed E-state index contributed by atoms with van der Waals surface area (Å²) < 4.78 is 1.09. The molecule has 3 N–H and O–H groups in total. The molecule has 0 saturated heterocycles. The molecule has 0 aliphatic rings. The van der Waals surface area contributed by atoms with Gasteiger partial charge in [0.1, 0.15) is 11.5 Å². The van der Waals surface area contributed by atoms with Gasteiger partial charge in [0.15, 0.2) is 0 Å². The minimum Gasteiger partial charge on any atom is -0.382 e. The first-order chi connectivity index (χ1) is 8.66. The molecule has 0 unspecified atom stereocenters. The number of hydrogen-bond acceptors (Lipinski definition) is 3. The van der Waals surface area contributed by atoms with Gasteiger partial charge in [-0.15, -0.1) is 11.8 Å². The minimum absolute atomic E-state index is 0.00254. The van der Waals surface area contributed by atoms with Gasteiger partial charge in [-0.25, -0.2) is 0 Å². The summed E-state index contributed by atoms with van der Waals surface area (Å²) in [7, 11) is 0. The first-order valence-corrected chi connectivity index (χ1v) is 7.11. The Balaban J connectivity index is 2.09. The maximum Gasteiger partial charge on any atom is 0.141 e. The van der Waals surface area contributed by atoms with Crippen LogP contribution < -0.4 is 5.73 Å². The molecule has 0 spiro atoms. The highest BCUT2D eigenvalue weighted by molar-refractivity contribution is 9.10. The van der Waals surface area contributed by atoms with Crippen molar-refractivity contribution in [2.75, 3.05) is 0 Å². The topological polar surface area (TPSA) is 62.8 Å². The molecule has 0 atom stereocenters. The molecular formula is C13H12BrN3S. The molecule has 0 bridgehead atoms. The Kier molecular flexibility index (Phi) is 4.38. The molecule has 0 saturated carbocycles. The highest BCUT2D eigenvalue weighted by Gasteiger charge is 2.03. The number of nitrogens with zero attached hydrogens (tertiary/aromatic N) is 1. The third-order valence-corrected chi connectivity index (χ3v) is 4.43. The van der Waals surface area contributed by atoms with Crippen LogP contribution in [0.2, 0.25) is 0 Å². The summed E-state index contributed by atoms with van der Waals surface area (Å²) in [6, 6.07) is 11.9. The first kappa shape index (κ1) is 13.1. The second-order valence-electron chi connectivity index (χ2n) is 3.68. The molecule has 5 heteroatoms. The largest absolute Gasteiger partial charge is 0.382 e. The fourth-order valence-electron chi connectivity index (χ4n) is 1.43. The molecule has 1 aromatic carbocycles. The van der Waals surface area contributed by atoms with Gasteiger partial charge in [0.25, 0.3) is 0 Å². The predicted octanol–water partition coefficient (Wildman–Crippen LogP) is 3.42. The van der Waals surface area contributed by atoms with Crippen molar-refractivity contribution in [2.24, 2.45) is 5.73 Å². The van der Waals surface area contributed by atoms with E-state index in [0.717, 1.165) is 15.8 Å². The first-order valence-electron chi connectivity index (χ1n) is 5.33. The van der Waals surface area contributed by atoms with Crippen LogP contribution in [0.1, 0.15) is 11.3 Å². The summed E-state index contributed by atoms with van der Waals surface area (Å²) in [6.45, 7) is 0. The molecule has 0 radical (unpaired) electrons. The van der Waals surface area contributed by atoms with Crippen LogP contribution in [-0.2, 0) is 5.75 Å². The lowest BCUT2D eigenvalue weighted by Crippen LogP contribution is -2.13. The van der Waals surface area contributed by atoms with Gasteiger partial charge >= 0.3 is 0 Å². The Hall–Kier alpha value is -1.33. The lowest BCUT2D eigenvalue weighted by Gasteiger charge is -2.05. The van der Waals surface area contributed by atoms with Crippen LogP contribution in [0, 0.1) is 5.41 Å². The van der Waals surface area contributed by atoms with E-state index in [1.54, 1.807) is 18.0 Å². The van der Waals surface area contributed by atoms with Crippen LogP contribution in [0.15, 0.2) is 52.0 Å². The Morgan fingerprint density at radius 1 is 1.33 bits per heavy atom. The van der Waals surface area contributed by atoms with E-state index in [0.29, 0.717) is 5.69 Å². The molecule has 0 aliphatic heterocycles. The summed E-state index contributed by atoms with van der Waals surface area (Å²) in [5, 5.41) is 7.36. The zero-order chi connectivity index (χ0) is 13.0. The number of rotatable bonds is 4. The van der Waals surface area contributed by atoms with Crippen LogP contribution in [0.5, 0.6) is 0 Å². The highest BCUT2D eigenvalue weighted by atomic mass is 79.9. The van der Waals surface area contributed by atoms with E-state index in [4.69, 9.17) is 11.1 Å². The molecule has 18 heavy (non-hydrogen) atoms. The SMILES string of the molecule is N=C(N)c1cc(CSc2ccccc2Br)ccn1. The Bertz CT molecular complexity index is 572. The van der Waals surface area contributed by atoms with Gasteiger partial charge in [-0.2, -0.15) is 0 Å². The van der Waals surface area contributed by atoms with E-state index in [1.165, 1.54) is 4.90 Å². The zero-order valence-corrected chi connectivity index (χ0v) is 12.0. The molecule has 1 heterocycles. The monoisotopic (exact) mass is 321 g/mol. The maximum absolute atomic E-state index is 7.36. The van der Waals surface area contributed by atoms with Crippen molar-refractivity contribution in [2.45, 2.75) is 10.6 Å². The number of halogens is 1. The van der Waals surface area contributed by atoms with E-state index in [2.05, 4.69) is 27.0 Å². The number of thioether (sulfide) groups is 1.